The van der Waals surface area contributed by atoms with Crippen LogP contribution in [0.1, 0.15) is 34.2 Å². The van der Waals surface area contributed by atoms with Crippen LogP contribution in [-0.4, -0.2) is 24.0 Å². The van der Waals surface area contributed by atoms with Gasteiger partial charge < -0.3 is 9.47 Å². The van der Waals surface area contributed by atoms with E-state index < -0.39 is 11.7 Å². The summed E-state index contributed by atoms with van der Waals surface area (Å²) < 4.78 is 50.9. The van der Waals surface area contributed by atoms with Crippen LogP contribution in [0.2, 0.25) is 5.02 Å². The van der Waals surface area contributed by atoms with Gasteiger partial charge in [-0.1, -0.05) is 60.1 Å². The molecule has 0 fully saturated rings. The second kappa shape index (κ2) is 11.1. The van der Waals surface area contributed by atoms with Crippen molar-refractivity contribution in [1.29, 1.82) is 0 Å². The number of benzene rings is 3. The topological polar surface area (TPSA) is 38.8 Å². The zero-order valence-electron chi connectivity index (χ0n) is 19.0. The zero-order chi connectivity index (χ0) is 24.8. The molecule has 0 bridgehead atoms. The highest BCUT2D eigenvalue weighted by Crippen LogP contribution is 2.36. The van der Waals surface area contributed by atoms with Gasteiger partial charge in [-0.15, -0.1) is 0 Å². The largest absolute Gasteiger partial charge is 0.494 e. The summed E-state index contributed by atoms with van der Waals surface area (Å²) in [6.45, 7) is 2.14. The van der Waals surface area contributed by atoms with Gasteiger partial charge in [-0.25, -0.2) is 0 Å². The molecule has 0 aromatic heterocycles. The van der Waals surface area contributed by atoms with Crippen LogP contribution in [0.15, 0.2) is 66.7 Å². The maximum absolute atomic E-state index is 13.3. The number of alkyl halides is 3. The molecule has 1 aliphatic heterocycles. The Labute approximate surface area is 207 Å². The summed E-state index contributed by atoms with van der Waals surface area (Å²) in [7, 11) is 0. The summed E-state index contributed by atoms with van der Waals surface area (Å²) in [5, 5.41) is -0.262. The van der Waals surface area contributed by atoms with Crippen molar-refractivity contribution in [2.45, 2.75) is 38.7 Å². The van der Waals surface area contributed by atoms with E-state index in [4.69, 9.17) is 21.1 Å². The smallest absolute Gasteiger partial charge is 0.417 e. The van der Waals surface area contributed by atoms with Crippen molar-refractivity contribution in [3.8, 4) is 5.75 Å². The van der Waals surface area contributed by atoms with E-state index in [1.54, 1.807) is 6.07 Å². The number of ether oxygens (including phenoxy) is 2. The van der Waals surface area contributed by atoms with Crippen molar-refractivity contribution in [3.05, 3.63) is 99.6 Å². The number of carbonyl (C=O) groups is 1. The van der Waals surface area contributed by atoms with E-state index in [1.165, 1.54) is 6.07 Å². The Bertz CT molecular complexity index is 1170. The van der Waals surface area contributed by atoms with Crippen LogP contribution in [0.25, 0.3) is 0 Å². The number of esters is 1. The molecule has 3 aromatic rings. The Morgan fingerprint density at radius 3 is 2.54 bits per heavy atom. The third kappa shape index (κ3) is 6.77. The first kappa shape index (κ1) is 25.1. The van der Waals surface area contributed by atoms with E-state index >= 15 is 0 Å². The van der Waals surface area contributed by atoms with Crippen molar-refractivity contribution in [1.82, 2.24) is 4.90 Å². The summed E-state index contributed by atoms with van der Waals surface area (Å²) in [4.78, 5) is 13.6. The lowest BCUT2D eigenvalue weighted by molar-refractivity contribution is -0.145. The lowest BCUT2D eigenvalue weighted by Gasteiger charge is -2.24. The van der Waals surface area contributed by atoms with E-state index in [0.29, 0.717) is 37.4 Å². The third-order valence-electron chi connectivity index (χ3n) is 5.82. The molecule has 1 heterocycles. The van der Waals surface area contributed by atoms with Crippen molar-refractivity contribution < 1.29 is 27.4 Å². The van der Waals surface area contributed by atoms with Crippen molar-refractivity contribution in [2.24, 2.45) is 0 Å². The van der Waals surface area contributed by atoms with E-state index in [1.807, 2.05) is 48.5 Å². The van der Waals surface area contributed by atoms with Gasteiger partial charge in [0.05, 0.1) is 23.6 Å². The van der Waals surface area contributed by atoms with E-state index in [-0.39, 0.29) is 30.6 Å². The van der Waals surface area contributed by atoms with Gasteiger partial charge >= 0.3 is 12.1 Å². The zero-order valence-corrected chi connectivity index (χ0v) is 19.7. The fourth-order valence-electron chi connectivity index (χ4n) is 4.06. The molecule has 4 rings (SSSR count). The lowest BCUT2D eigenvalue weighted by Crippen LogP contribution is -2.26. The number of cyclic esters (lactones) is 1. The highest BCUT2D eigenvalue weighted by Gasteiger charge is 2.34. The maximum atomic E-state index is 13.3. The van der Waals surface area contributed by atoms with Gasteiger partial charge in [0, 0.05) is 19.6 Å². The van der Waals surface area contributed by atoms with Gasteiger partial charge in [-0.05, 0) is 46.9 Å². The standard InChI is InChI=1S/C27H25ClF3NO3/c28-26-20(8-4-9-24(26)27(29,30)31)17-32(16-19-6-2-1-3-7-19)12-5-13-34-23-11-10-21-18-35-25(33)15-22(21)14-23/h1-4,6-11,14H,5,12-13,15-18H2. The van der Waals surface area contributed by atoms with E-state index in [2.05, 4.69) is 4.90 Å². The van der Waals surface area contributed by atoms with Crippen LogP contribution in [0.3, 0.4) is 0 Å². The lowest BCUT2D eigenvalue weighted by atomic mass is 10.0. The molecule has 0 amide bonds. The molecule has 0 saturated heterocycles. The number of rotatable bonds is 9. The van der Waals surface area contributed by atoms with Gasteiger partial charge in [0.15, 0.2) is 0 Å². The quantitative estimate of drug-likeness (QED) is 0.249. The molecule has 1 aliphatic rings. The Kier molecular flexibility index (Phi) is 7.98. The second-order valence-corrected chi connectivity index (χ2v) is 8.82. The fourth-order valence-corrected chi connectivity index (χ4v) is 4.35. The molecule has 184 valence electrons. The minimum atomic E-state index is -4.50. The van der Waals surface area contributed by atoms with Gasteiger partial charge in [0.25, 0.3) is 0 Å². The Morgan fingerprint density at radius 2 is 1.77 bits per heavy atom. The van der Waals surface area contributed by atoms with Crippen molar-refractivity contribution in [2.75, 3.05) is 13.2 Å². The Hall–Kier alpha value is -3.03. The fraction of sp³-hybridized carbons (Fsp3) is 0.296. The van der Waals surface area contributed by atoms with Gasteiger partial charge in [-0.2, -0.15) is 13.2 Å². The first-order valence-corrected chi connectivity index (χ1v) is 11.7. The highest BCUT2D eigenvalue weighted by atomic mass is 35.5. The number of fused-ring (bicyclic) bond motifs is 1. The van der Waals surface area contributed by atoms with Gasteiger partial charge in [0.1, 0.15) is 12.4 Å². The van der Waals surface area contributed by atoms with Gasteiger partial charge in [-0.3, -0.25) is 9.69 Å². The molecular formula is C27H25ClF3NO3. The van der Waals surface area contributed by atoms with Crippen LogP contribution in [0, 0.1) is 0 Å². The first-order valence-electron chi connectivity index (χ1n) is 11.3. The minimum Gasteiger partial charge on any atom is -0.494 e. The molecule has 0 radical (unpaired) electrons. The van der Waals surface area contributed by atoms with E-state index in [0.717, 1.165) is 22.8 Å². The molecule has 0 unspecified atom stereocenters. The molecular weight excluding hydrogens is 479 g/mol. The normalized spacial score (nSPS) is 13.5. The summed E-state index contributed by atoms with van der Waals surface area (Å²) in [6.07, 6.45) is -3.62. The van der Waals surface area contributed by atoms with Crippen LogP contribution < -0.4 is 4.74 Å². The molecule has 8 heteroatoms. The summed E-state index contributed by atoms with van der Waals surface area (Å²) in [5.41, 5.74) is 2.54. The Balaban J connectivity index is 1.40. The molecule has 0 atom stereocenters. The van der Waals surface area contributed by atoms with Crippen molar-refractivity contribution >= 4 is 17.6 Å². The summed E-state index contributed by atoms with van der Waals surface area (Å²) in [5.74, 6) is 0.424. The predicted octanol–water partition coefficient (Wildman–Crippen LogP) is 6.43. The second-order valence-electron chi connectivity index (χ2n) is 8.44. The van der Waals surface area contributed by atoms with Crippen LogP contribution in [0.4, 0.5) is 13.2 Å². The average Bonchev–Trinajstić information content (AvgIpc) is 2.82. The number of hydrogen-bond donors (Lipinski definition) is 0. The first-order chi connectivity index (χ1) is 16.8. The van der Waals surface area contributed by atoms with Crippen LogP contribution in [-0.2, 0) is 41.8 Å². The number of hydrogen-bond acceptors (Lipinski definition) is 4. The van der Waals surface area contributed by atoms with Crippen LogP contribution >= 0.6 is 11.6 Å². The third-order valence-corrected chi connectivity index (χ3v) is 6.26. The molecule has 0 spiro atoms. The number of carbonyl (C=O) groups excluding carboxylic acids is 1. The minimum absolute atomic E-state index is 0.231. The molecule has 0 saturated carbocycles. The molecule has 35 heavy (non-hydrogen) atoms. The Morgan fingerprint density at radius 1 is 0.971 bits per heavy atom. The average molecular weight is 504 g/mol. The summed E-state index contributed by atoms with van der Waals surface area (Å²) in [6, 6.07) is 19.4. The number of nitrogens with zero attached hydrogens (tertiary/aromatic N) is 1. The summed E-state index contributed by atoms with van der Waals surface area (Å²) >= 11 is 6.15. The van der Waals surface area contributed by atoms with Crippen LogP contribution in [0.5, 0.6) is 5.75 Å². The molecule has 3 aromatic carbocycles. The molecule has 0 aliphatic carbocycles. The SMILES string of the molecule is O=C1Cc2cc(OCCCN(Cc3ccccc3)Cc3cccc(C(F)(F)F)c3Cl)ccc2CO1. The number of halogens is 4. The van der Waals surface area contributed by atoms with E-state index in [9.17, 15) is 18.0 Å². The molecule has 0 N–H and O–H groups in total. The van der Waals surface area contributed by atoms with Crippen molar-refractivity contribution in [3.63, 3.8) is 0 Å². The monoisotopic (exact) mass is 503 g/mol. The van der Waals surface area contributed by atoms with Gasteiger partial charge in [0.2, 0.25) is 0 Å². The molecule has 4 nitrogen and oxygen atoms in total. The maximum Gasteiger partial charge on any atom is 0.417 e. The predicted molar refractivity (Wildman–Crippen MR) is 127 cm³/mol. The highest BCUT2D eigenvalue weighted by molar-refractivity contribution is 6.32.